The fourth-order valence-electron chi connectivity index (χ4n) is 1.90. The molecule has 1 heterocycles. The standard InChI is InChI=1S/C15H11ClN2OS2/c1-20-10-5-2-4-9(8-10)14(19)18-15-17-13-11(16)6-3-7-12(13)21-15/h2-8H,1H3,(H,17,18,19). The van der Waals surface area contributed by atoms with Gasteiger partial charge in [-0.25, -0.2) is 4.98 Å². The molecule has 0 bridgehead atoms. The first-order valence-corrected chi connectivity index (χ1v) is 8.60. The molecule has 0 aliphatic carbocycles. The zero-order chi connectivity index (χ0) is 14.8. The van der Waals surface area contributed by atoms with Gasteiger partial charge in [0.25, 0.3) is 5.91 Å². The monoisotopic (exact) mass is 334 g/mol. The number of carbonyl (C=O) groups is 1. The third-order valence-electron chi connectivity index (χ3n) is 2.92. The van der Waals surface area contributed by atoms with Crippen molar-refractivity contribution in [1.82, 2.24) is 4.98 Å². The Morgan fingerprint density at radius 3 is 2.86 bits per heavy atom. The highest BCUT2D eigenvalue weighted by Gasteiger charge is 2.11. The summed E-state index contributed by atoms with van der Waals surface area (Å²) in [5, 5.41) is 3.97. The zero-order valence-electron chi connectivity index (χ0n) is 11.1. The maximum atomic E-state index is 12.3. The maximum absolute atomic E-state index is 12.3. The van der Waals surface area contributed by atoms with Crippen LogP contribution < -0.4 is 5.32 Å². The highest BCUT2D eigenvalue weighted by atomic mass is 35.5. The number of nitrogens with zero attached hydrogens (tertiary/aromatic N) is 1. The van der Waals surface area contributed by atoms with E-state index in [1.807, 2.05) is 36.6 Å². The van der Waals surface area contributed by atoms with Gasteiger partial charge >= 0.3 is 0 Å². The van der Waals surface area contributed by atoms with Crippen LogP contribution in [-0.2, 0) is 0 Å². The summed E-state index contributed by atoms with van der Waals surface area (Å²) in [4.78, 5) is 17.7. The number of carbonyl (C=O) groups excluding carboxylic acids is 1. The molecule has 6 heteroatoms. The van der Waals surface area contributed by atoms with Crippen molar-refractivity contribution in [2.24, 2.45) is 0 Å². The predicted octanol–water partition coefficient (Wildman–Crippen LogP) is 4.92. The molecule has 3 aromatic rings. The van der Waals surface area contributed by atoms with Gasteiger partial charge in [-0.1, -0.05) is 35.1 Å². The molecule has 0 fully saturated rings. The normalized spacial score (nSPS) is 10.8. The van der Waals surface area contributed by atoms with E-state index >= 15 is 0 Å². The van der Waals surface area contributed by atoms with Gasteiger partial charge in [-0.3, -0.25) is 10.1 Å². The Hall–Kier alpha value is -1.56. The van der Waals surface area contributed by atoms with Crippen molar-refractivity contribution in [3.05, 3.63) is 53.1 Å². The van der Waals surface area contributed by atoms with Crippen molar-refractivity contribution in [1.29, 1.82) is 0 Å². The average Bonchev–Trinajstić information content (AvgIpc) is 2.91. The van der Waals surface area contributed by atoms with Crippen LogP contribution in [-0.4, -0.2) is 17.1 Å². The number of benzene rings is 2. The second-order valence-corrected chi connectivity index (χ2v) is 6.61. The third-order valence-corrected chi connectivity index (χ3v) is 4.89. The lowest BCUT2D eigenvalue weighted by atomic mass is 10.2. The Morgan fingerprint density at radius 2 is 2.10 bits per heavy atom. The minimum absolute atomic E-state index is 0.166. The third kappa shape index (κ3) is 3.05. The number of anilines is 1. The summed E-state index contributed by atoms with van der Waals surface area (Å²) in [5.41, 5.74) is 1.34. The molecule has 0 unspecified atom stereocenters. The number of hydrogen-bond acceptors (Lipinski definition) is 4. The molecule has 0 radical (unpaired) electrons. The Morgan fingerprint density at radius 1 is 1.29 bits per heavy atom. The van der Waals surface area contributed by atoms with Crippen molar-refractivity contribution in [3.8, 4) is 0 Å². The van der Waals surface area contributed by atoms with Gasteiger partial charge in [0.1, 0.15) is 5.52 Å². The van der Waals surface area contributed by atoms with Gasteiger partial charge in [-0.05, 0) is 36.6 Å². The smallest absolute Gasteiger partial charge is 0.257 e. The number of thioether (sulfide) groups is 1. The number of thiazole rings is 1. The van der Waals surface area contributed by atoms with Crippen LogP contribution in [0.2, 0.25) is 5.02 Å². The molecule has 106 valence electrons. The summed E-state index contributed by atoms with van der Waals surface area (Å²) < 4.78 is 0.954. The van der Waals surface area contributed by atoms with E-state index in [4.69, 9.17) is 11.6 Å². The number of para-hydroxylation sites is 1. The second-order valence-electron chi connectivity index (χ2n) is 4.29. The van der Waals surface area contributed by atoms with Crippen LogP contribution in [0.1, 0.15) is 10.4 Å². The van der Waals surface area contributed by atoms with Crippen molar-refractivity contribution < 1.29 is 4.79 Å². The Bertz CT molecular complexity index is 816. The summed E-state index contributed by atoms with van der Waals surface area (Å²) in [6.07, 6.45) is 1.98. The Kier molecular flexibility index (Phi) is 4.14. The Labute approximate surface area is 135 Å². The quantitative estimate of drug-likeness (QED) is 0.691. The van der Waals surface area contributed by atoms with Gasteiger partial charge in [0.05, 0.1) is 9.72 Å². The van der Waals surface area contributed by atoms with Crippen LogP contribution >= 0.6 is 34.7 Å². The molecule has 1 aromatic heterocycles. The zero-order valence-corrected chi connectivity index (χ0v) is 13.5. The fourth-order valence-corrected chi connectivity index (χ4v) is 3.52. The molecule has 1 amide bonds. The lowest BCUT2D eigenvalue weighted by Gasteiger charge is -2.03. The van der Waals surface area contributed by atoms with E-state index in [0.29, 0.717) is 15.7 Å². The fraction of sp³-hybridized carbons (Fsp3) is 0.0667. The lowest BCUT2D eigenvalue weighted by molar-refractivity contribution is 0.102. The number of rotatable bonds is 3. The molecule has 3 rings (SSSR count). The van der Waals surface area contributed by atoms with Gasteiger partial charge < -0.3 is 0 Å². The van der Waals surface area contributed by atoms with Crippen LogP contribution in [0, 0.1) is 0 Å². The first kappa shape index (κ1) is 14.4. The van der Waals surface area contributed by atoms with Crippen LogP contribution in [0.5, 0.6) is 0 Å². The van der Waals surface area contributed by atoms with Gasteiger partial charge in [-0.2, -0.15) is 0 Å². The van der Waals surface area contributed by atoms with Crippen LogP contribution in [0.4, 0.5) is 5.13 Å². The minimum Gasteiger partial charge on any atom is -0.298 e. The van der Waals surface area contributed by atoms with Gasteiger partial charge in [0.15, 0.2) is 5.13 Å². The SMILES string of the molecule is CSc1cccc(C(=O)Nc2nc3c(Cl)cccc3s2)c1. The van der Waals surface area contributed by atoms with Crippen molar-refractivity contribution >= 4 is 56.0 Å². The summed E-state index contributed by atoms with van der Waals surface area (Å²) >= 11 is 9.11. The second kappa shape index (κ2) is 6.05. The summed E-state index contributed by atoms with van der Waals surface area (Å²) in [7, 11) is 0. The molecule has 0 aliphatic rings. The molecular weight excluding hydrogens is 324 g/mol. The van der Waals surface area contributed by atoms with Gasteiger partial charge in [0, 0.05) is 10.5 Å². The molecule has 0 spiro atoms. The van der Waals surface area contributed by atoms with Crippen LogP contribution in [0.15, 0.2) is 47.4 Å². The van der Waals surface area contributed by atoms with E-state index in [1.165, 1.54) is 11.3 Å². The molecule has 0 saturated carbocycles. The molecule has 2 aromatic carbocycles. The lowest BCUT2D eigenvalue weighted by Crippen LogP contribution is -2.11. The van der Waals surface area contributed by atoms with E-state index < -0.39 is 0 Å². The maximum Gasteiger partial charge on any atom is 0.257 e. The van der Waals surface area contributed by atoms with Gasteiger partial charge in [0.2, 0.25) is 0 Å². The number of amides is 1. The Balaban J connectivity index is 1.87. The van der Waals surface area contributed by atoms with Crippen LogP contribution in [0.25, 0.3) is 10.2 Å². The van der Waals surface area contributed by atoms with Crippen LogP contribution in [0.3, 0.4) is 0 Å². The van der Waals surface area contributed by atoms with Gasteiger partial charge in [-0.15, -0.1) is 11.8 Å². The first-order valence-electron chi connectivity index (χ1n) is 6.18. The van der Waals surface area contributed by atoms with E-state index in [-0.39, 0.29) is 5.91 Å². The van der Waals surface area contributed by atoms with E-state index in [1.54, 1.807) is 23.9 Å². The molecular formula is C15H11ClN2OS2. The molecule has 0 aliphatic heterocycles. The molecule has 3 nitrogen and oxygen atoms in total. The van der Waals surface area contributed by atoms with Crippen molar-refractivity contribution in [2.75, 3.05) is 11.6 Å². The highest BCUT2D eigenvalue weighted by Crippen LogP contribution is 2.30. The minimum atomic E-state index is -0.166. The van der Waals surface area contributed by atoms with Crippen molar-refractivity contribution in [2.45, 2.75) is 4.90 Å². The molecule has 0 saturated heterocycles. The highest BCUT2D eigenvalue weighted by molar-refractivity contribution is 7.98. The molecule has 1 N–H and O–H groups in total. The first-order chi connectivity index (χ1) is 10.2. The average molecular weight is 335 g/mol. The topological polar surface area (TPSA) is 42.0 Å². The molecule has 0 atom stereocenters. The number of halogens is 1. The summed E-state index contributed by atoms with van der Waals surface area (Å²) in [6, 6.07) is 13.1. The number of nitrogens with one attached hydrogen (secondary N) is 1. The summed E-state index contributed by atoms with van der Waals surface area (Å²) in [5.74, 6) is -0.166. The summed E-state index contributed by atoms with van der Waals surface area (Å²) in [6.45, 7) is 0. The predicted molar refractivity (Wildman–Crippen MR) is 90.8 cm³/mol. The van der Waals surface area contributed by atoms with E-state index in [9.17, 15) is 4.79 Å². The van der Waals surface area contributed by atoms with Crippen molar-refractivity contribution in [3.63, 3.8) is 0 Å². The number of fused-ring (bicyclic) bond motifs is 1. The number of aromatic nitrogens is 1. The largest absolute Gasteiger partial charge is 0.298 e. The molecule has 21 heavy (non-hydrogen) atoms. The van der Waals surface area contributed by atoms with E-state index in [2.05, 4.69) is 10.3 Å². The van der Waals surface area contributed by atoms with E-state index in [0.717, 1.165) is 15.1 Å². The number of hydrogen-bond donors (Lipinski definition) is 1.